The predicted octanol–water partition coefficient (Wildman–Crippen LogP) is 4.58. The smallest absolute Gasteiger partial charge is 0.337 e. The number of nitrogens with one attached hydrogen (secondary N) is 2. The van der Waals surface area contributed by atoms with Crippen LogP contribution in [0.2, 0.25) is 5.02 Å². The van der Waals surface area contributed by atoms with Crippen LogP contribution >= 0.6 is 11.6 Å². The summed E-state index contributed by atoms with van der Waals surface area (Å²) < 4.78 is 4.70. The Bertz CT molecular complexity index is 928. The molecule has 0 saturated heterocycles. The van der Waals surface area contributed by atoms with E-state index in [0.717, 1.165) is 16.9 Å². The lowest BCUT2D eigenvalue weighted by molar-refractivity contribution is 0.0601. The molecule has 0 aliphatic heterocycles. The van der Waals surface area contributed by atoms with Gasteiger partial charge in [-0.3, -0.25) is 0 Å². The molecule has 2 aromatic carbocycles. The van der Waals surface area contributed by atoms with E-state index in [1.807, 2.05) is 37.3 Å². The van der Waals surface area contributed by atoms with E-state index in [1.54, 1.807) is 24.3 Å². The predicted molar refractivity (Wildman–Crippen MR) is 107 cm³/mol. The van der Waals surface area contributed by atoms with Crippen molar-refractivity contribution in [1.29, 1.82) is 0 Å². The van der Waals surface area contributed by atoms with Gasteiger partial charge >= 0.3 is 5.97 Å². The zero-order chi connectivity index (χ0) is 19.2. The molecule has 0 aliphatic rings. The van der Waals surface area contributed by atoms with E-state index in [2.05, 4.69) is 20.6 Å². The quantitative estimate of drug-likeness (QED) is 0.608. The number of carbonyl (C=O) groups excluding carboxylic acids is 1. The molecule has 0 spiro atoms. The van der Waals surface area contributed by atoms with Gasteiger partial charge < -0.3 is 15.4 Å². The van der Waals surface area contributed by atoms with Crippen LogP contribution in [-0.2, 0) is 11.3 Å². The summed E-state index contributed by atoms with van der Waals surface area (Å²) in [7, 11) is 1.35. The van der Waals surface area contributed by atoms with Crippen LogP contribution in [0.3, 0.4) is 0 Å². The molecule has 0 saturated carbocycles. The van der Waals surface area contributed by atoms with Crippen molar-refractivity contribution in [1.82, 2.24) is 9.97 Å². The van der Waals surface area contributed by atoms with Crippen molar-refractivity contribution < 1.29 is 9.53 Å². The van der Waals surface area contributed by atoms with Crippen LogP contribution in [0.5, 0.6) is 0 Å². The summed E-state index contributed by atoms with van der Waals surface area (Å²) in [5, 5.41) is 7.14. The van der Waals surface area contributed by atoms with E-state index < -0.39 is 0 Å². The number of hydrogen-bond donors (Lipinski definition) is 2. The number of esters is 1. The maximum atomic E-state index is 11.5. The van der Waals surface area contributed by atoms with E-state index in [-0.39, 0.29) is 5.97 Å². The second-order valence-electron chi connectivity index (χ2n) is 5.89. The monoisotopic (exact) mass is 382 g/mol. The third-order valence-electron chi connectivity index (χ3n) is 3.80. The van der Waals surface area contributed by atoms with Gasteiger partial charge in [-0.05, 0) is 48.9 Å². The summed E-state index contributed by atoms with van der Waals surface area (Å²) in [4.78, 5) is 20.4. The van der Waals surface area contributed by atoms with E-state index in [4.69, 9.17) is 16.3 Å². The second kappa shape index (κ2) is 8.51. The highest BCUT2D eigenvalue weighted by atomic mass is 35.5. The first-order valence-electron chi connectivity index (χ1n) is 8.33. The minimum atomic E-state index is -0.373. The number of nitrogens with zero attached hydrogens (tertiary/aromatic N) is 2. The van der Waals surface area contributed by atoms with Crippen molar-refractivity contribution in [3.05, 3.63) is 76.4 Å². The lowest BCUT2D eigenvalue weighted by Crippen LogP contribution is -2.06. The van der Waals surface area contributed by atoms with Gasteiger partial charge in [0.1, 0.15) is 5.82 Å². The fourth-order valence-corrected chi connectivity index (χ4v) is 2.57. The lowest BCUT2D eigenvalue weighted by Gasteiger charge is -2.10. The van der Waals surface area contributed by atoms with Crippen LogP contribution < -0.4 is 10.6 Å². The van der Waals surface area contributed by atoms with E-state index >= 15 is 0 Å². The fourth-order valence-electron chi connectivity index (χ4n) is 2.45. The van der Waals surface area contributed by atoms with Crippen molar-refractivity contribution in [3.8, 4) is 0 Å². The molecule has 6 nitrogen and oxygen atoms in total. The second-order valence-corrected chi connectivity index (χ2v) is 6.33. The standard InChI is InChI=1S/C20H19ClN4O2/c1-13-11-18(22-12-14-3-7-16(21)8-4-14)25-20(23-13)24-17-9-5-15(6-10-17)19(26)27-2/h3-11H,12H2,1-2H3,(H2,22,23,24,25). The summed E-state index contributed by atoms with van der Waals surface area (Å²) in [6, 6.07) is 16.4. The Labute approximate surface area is 162 Å². The molecule has 0 bridgehead atoms. The third-order valence-corrected chi connectivity index (χ3v) is 4.06. The Balaban J connectivity index is 1.69. The van der Waals surface area contributed by atoms with E-state index in [9.17, 15) is 4.79 Å². The molecule has 0 fully saturated rings. The molecular formula is C20H19ClN4O2. The Morgan fingerprint density at radius 2 is 1.78 bits per heavy atom. The molecule has 0 unspecified atom stereocenters. The summed E-state index contributed by atoms with van der Waals surface area (Å²) in [6.07, 6.45) is 0. The van der Waals surface area contributed by atoms with E-state index in [1.165, 1.54) is 7.11 Å². The van der Waals surface area contributed by atoms with Gasteiger partial charge in [-0.2, -0.15) is 4.98 Å². The van der Waals surface area contributed by atoms with Crippen molar-refractivity contribution in [2.75, 3.05) is 17.7 Å². The van der Waals surface area contributed by atoms with Gasteiger partial charge in [-0.1, -0.05) is 23.7 Å². The summed E-state index contributed by atoms with van der Waals surface area (Å²) in [5.41, 5.74) is 3.19. The zero-order valence-electron chi connectivity index (χ0n) is 15.0. The molecule has 0 aliphatic carbocycles. The van der Waals surface area contributed by atoms with E-state index in [0.29, 0.717) is 28.9 Å². The molecule has 3 aromatic rings. The average molecular weight is 383 g/mol. The first-order chi connectivity index (χ1) is 13.0. The molecule has 0 radical (unpaired) electrons. The van der Waals surface area contributed by atoms with Crippen molar-refractivity contribution in [2.45, 2.75) is 13.5 Å². The topological polar surface area (TPSA) is 76.1 Å². The fraction of sp³-hybridized carbons (Fsp3) is 0.150. The molecule has 2 N–H and O–H groups in total. The minimum absolute atomic E-state index is 0.373. The average Bonchev–Trinajstić information content (AvgIpc) is 2.67. The van der Waals surface area contributed by atoms with Gasteiger partial charge in [-0.15, -0.1) is 0 Å². The summed E-state index contributed by atoms with van der Waals surface area (Å²) >= 11 is 5.91. The number of halogens is 1. The lowest BCUT2D eigenvalue weighted by atomic mass is 10.2. The van der Waals surface area contributed by atoms with Crippen molar-refractivity contribution in [2.24, 2.45) is 0 Å². The zero-order valence-corrected chi connectivity index (χ0v) is 15.7. The summed E-state index contributed by atoms with van der Waals surface area (Å²) in [6.45, 7) is 2.53. The van der Waals surface area contributed by atoms with Crippen LogP contribution in [0.1, 0.15) is 21.6 Å². The molecule has 0 atom stereocenters. The number of benzene rings is 2. The summed E-state index contributed by atoms with van der Waals surface area (Å²) in [5.74, 6) is 0.813. The molecule has 1 heterocycles. The highest BCUT2D eigenvalue weighted by molar-refractivity contribution is 6.30. The number of anilines is 3. The molecule has 138 valence electrons. The number of carbonyl (C=O) groups is 1. The molecule has 1 aromatic heterocycles. The molecular weight excluding hydrogens is 364 g/mol. The third kappa shape index (κ3) is 5.18. The van der Waals surface area contributed by atoms with Crippen LogP contribution in [0.4, 0.5) is 17.5 Å². The number of rotatable bonds is 6. The Morgan fingerprint density at radius 1 is 1.07 bits per heavy atom. The number of hydrogen-bond acceptors (Lipinski definition) is 6. The van der Waals surface area contributed by atoms with Crippen LogP contribution in [0.15, 0.2) is 54.6 Å². The number of aromatic nitrogens is 2. The van der Waals surface area contributed by atoms with Crippen molar-refractivity contribution >= 4 is 35.0 Å². The largest absolute Gasteiger partial charge is 0.465 e. The molecule has 0 amide bonds. The SMILES string of the molecule is COC(=O)c1ccc(Nc2nc(C)cc(NCc3ccc(Cl)cc3)n2)cc1. The molecule has 27 heavy (non-hydrogen) atoms. The maximum absolute atomic E-state index is 11.5. The van der Waals surface area contributed by atoms with Crippen LogP contribution in [0.25, 0.3) is 0 Å². The van der Waals surface area contributed by atoms with Gasteiger partial charge in [0.05, 0.1) is 12.7 Å². The van der Waals surface area contributed by atoms with Crippen LogP contribution in [-0.4, -0.2) is 23.0 Å². The Morgan fingerprint density at radius 3 is 2.44 bits per heavy atom. The van der Waals surface area contributed by atoms with Crippen LogP contribution in [0, 0.1) is 6.92 Å². The number of aryl methyl sites for hydroxylation is 1. The maximum Gasteiger partial charge on any atom is 0.337 e. The molecule has 7 heteroatoms. The van der Waals surface area contributed by atoms with Crippen molar-refractivity contribution in [3.63, 3.8) is 0 Å². The Kier molecular flexibility index (Phi) is 5.88. The minimum Gasteiger partial charge on any atom is -0.465 e. The molecule has 3 rings (SSSR count). The first kappa shape index (κ1) is 18.7. The first-order valence-corrected chi connectivity index (χ1v) is 8.71. The highest BCUT2D eigenvalue weighted by Crippen LogP contribution is 2.18. The van der Waals surface area contributed by atoms with Gasteiger partial charge in [-0.25, -0.2) is 9.78 Å². The number of ether oxygens (including phenoxy) is 1. The highest BCUT2D eigenvalue weighted by Gasteiger charge is 2.06. The van der Waals surface area contributed by atoms with Gasteiger partial charge in [0.15, 0.2) is 0 Å². The van der Waals surface area contributed by atoms with Gasteiger partial charge in [0, 0.05) is 29.0 Å². The Hall–Kier alpha value is -3.12. The number of methoxy groups -OCH3 is 1. The normalized spacial score (nSPS) is 10.3. The van der Waals surface area contributed by atoms with Gasteiger partial charge in [0.25, 0.3) is 0 Å². The van der Waals surface area contributed by atoms with Gasteiger partial charge in [0.2, 0.25) is 5.95 Å².